The van der Waals surface area contributed by atoms with Crippen LogP contribution >= 0.6 is 23.2 Å². The summed E-state index contributed by atoms with van der Waals surface area (Å²) >= 11 is 12.3. The first-order chi connectivity index (χ1) is 19.3. The van der Waals surface area contributed by atoms with Crippen LogP contribution in [-0.4, -0.2) is 36.0 Å². The molecule has 2 fully saturated rings. The van der Waals surface area contributed by atoms with Gasteiger partial charge in [0.05, 0.1) is 17.1 Å². The van der Waals surface area contributed by atoms with E-state index in [-0.39, 0.29) is 44.6 Å². The molecule has 4 rings (SSSR count). The van der Waals surface area contributed by atoms with Crippen molar-refractivity contribution in [2.45, 2.75) is 95.3 Å². The summed E-state index contributed by atoms with van der Waals surface area (Å²) in [7, 11) is 0. The van der Waals surface area contributed by atoms with E-state index < -0.39 is 41.0 Å². The number of nitriles is 1. The second kappa shape index (κ2) is 12.2. The predicted molar refractivity (Wildman–Crippen MR) is 156 cm³/mol. The molecule has 4 atom stereocenters. The standard InChI is InChI=1S/C31H36Cl2F2N4O2/c1-17(40)37-19-9-11-20(12-10-19)38-29(41)28-26(21-6-5-7-23(33)27(21)35)31(16-36,25(39-28)15-30(2,3)4)22-13-8-18(32)14-24(22)34/h5-8,13-14,19-20,25-26,28,39H,9-12,15H2,1-4H3,(H,37,40)(H,38,41)/t19?,20?,25-,26-,28+,31-/m0/s1. The molecule has 1 aliphatic heterocycles. The van der Waals surface area contributed by atoms with E-state index >= 15 is 8.78 Å². The van der Waals surface area contributed by atoms with Crippen molar-refractivity contribution in [1.82, 2.24) is 16.0 Å². The van der Waals surface area contributed by atoms with E-state index in [1.54, 1.807) is 6.07 Å². The maximum atomic E-state index is 15.8. The Morgan fingerprint density at radius 3 is 2.27 bits per heavy atom. The summed E-state index contributed by atoms with van der Waals surface area (Å²) in [6.07, 6.45) is 3.12. The molecule has 0 radical (unpaired) electrons. The summed E-state index contributed by atoms with van der Waals surface area (Å²) in [4.78, 5) is 25.5. The molecule has 10 heteroatoms. The molecular weight excluding hydrogens is 569 g/mol. The maximum absolute atomic E-state index is 15.8. The van der Waals surface area contributed by atoms with Gasteiger partial charge in [0.25, 0.3) is 0 Å². The third-order valence-electron chi connectivity index (χ3n) is 8.21. The molecule has 3 N–H and O–H groups in total. The zero-order valence-corrected chi connectivity index (χ0v) is 25.2. The Morgan fingerprint density at radius 2 is 1.71 bits per heavy atom. The molecule has 6 nitrogen and oxygen atoms in total. The average molecular weight is 606 g/mol. The highest BCUT2D eigenvalue weighted by Crippen LogP contribution is 2.52. The summed E-state index contributed by atoms with van der Waals surface area (Å²) in [5.74, 6) is -3.05. The van der Waals surface area contributed by atoms with Gasteiger partial charge in [-0.15, -0.1) is 0 Å². The zero-order chi connectivity index (χ0) is 30.1. The van der Waals surface area contributed by atoms with Gasteiger partial charge in [-0.3, -0.25) is 9.59 Å². The van der Waals surface area contributed by atoms with E-state index in [0.29, 0.717) is 32.1 Å². The molecule has 0 unspecified atom stereocenters. The van der Waals surface area contributed by atoms with E-state index in [4.69, 9.17) is 23.2 Å². The summed E-state index contributed by atoms with van der Waals surface area (Å²) < 4.78 is 31.5. The van der Waals surface area contributed by atoms with E-state index in [9.17, 15) is 14.9 Å². The maximum Gasteiger partial charge on any atom is 0.238 e. The fourth-order valence-corrected chi connectivity index (χ4v) is 6.86. The summed E-state index contributed by atoms with van der Waals surface area (Å²) in [6.45, 7) is 7.45. The molecule has 1 aliphatic carbocycles. The highest BCUT2D eigenvalue weighted by molar-refractivity contribution is 6.31. The van der Waals surface area contributed by atoms with E-state index in [0.717, 1.165) is 6.07 Å². The van der Waals surface area contributed by atoms with E-state index in [1.165, 1.54) is 31.2 Å². The van der Waals surface area contributed by atoms with Crippen molar-refractivity contribution in [3.63, 3.8) is 0 Å². The van der Waals surface area contributed by atoms with E-state index in [1.807, 2.05) is 20.8 Å². The van der Waals surface area contributed by atoms with Crippen molar-refractivity contribution in [3.05, 3.63) is 69.2 Å². The minimum atomic E-state index is -1.67. The van der Waals surface area contributed by atoms with Gasteiger partial charge in [0.1, 0.15) is 17.0 Å². The van der Waals surface area contributed by atoms with Crippen LogP contribution in [-0.2, 0) is 15.0 Å². The van der Waals surface area contributed by atoms with Crippen LogP contribution in [0.25, 0.3) is 0 Å². The monoisotopic (exact) mass is 604 g/mol. The van der Waals surface area contributed by atoms with Gasteiger partial charge in [0.15, 0.2) is 0 Å². The molecule has 2 aliphatic rings. The van der Waals surface area contributed by atoms with Gasteiger partial charge in [0.2, 0.25) is 11.8 Å². The molecule has 1 saturated carbocycles. The van der Waals surface area contributed by atoms with Crippen LogP contribution in [0.3, 0.4) is 0 Å². The second-order valence-corrected chi connectivity index (χ2v) is 13.3. The van der Waals surface area contributed by atoms with Crippen LogP contribution in [0.2, 0.25) is 10.0 Å². The smallest absolute Gasteiger partial charge is 0.238 e. The number of carbonyl (C=O) groups is 2. The number of benzene rings is 2. The molecule has 2 aromatic carbocycles. The van der Waals surface area contributed by atoms with Crippen LogP contribution in [0.5, 0.6) is 0 Å². The molecular formula is C31H36Cl2F2N4O2. The van der Waals surface area contributed by atoms with Gasteiger partial charge >= 0.3 is 0 Å². The Kier molecular flexibility index (Phi) is 9.32. The molecule has 1 saturated heterocycles. The first-order valence-corrected chi connectivity index (χ1v) is 14.7. The number of amides is 2. The van der Waals surface area contributed by atoms with Crippen LogP contribution in [0.4, 0.5) is 8.78 Å². The van der Waals surface area contributed by atoms with Crippen LogP contribution in [0.15, 0.2) is 36.4 Å². The summed E-state index contributed by atoms with van der Waals surface area (Å²) in [5.41, 5.74) is -1.89. The number of halogens is 4. The minimum Gasteiger partial charge on any atom is -0.354 e. The summed E-state index contributed by atoms with van der Waals surface area (Å²) in [5, 5.41) is 20.3. The van der Waals surface area contributed by atoms with Crippen molar-refractivity contribution in [3.8, 4) is 6.07 Å². The van der Waals surface area contributed by atoms with Gasteiger partial charge < -0.3 is 16.0 Å². The molecule has 2 amide bonds. The highest BCUT2D eigenvalue weighted by Gasteiger charge is 2.61. The topological polar surface area (TPSA) is 94.0 Å². The van der Waals surface area contributed by atoms with Gasteiger partial charge in [0, 0.05) is 41.6 Å². The van der Waals surface area contributed by atoms with Gasteiger partial charge in [-0.05, 0) is 61.3 Å². The largest absolute Gasteiger partial charge is 0.354 e. The first kappa shape index (κ1) is 31.2. The Labute approximate surface area is 250 Å². The lowest BCUT2D eigenvalue weighted by Gasteiger charge is -2.37. The quantitative estimate of drug-likeness (QED) is 0.368. The van der Waals surface area contributed by atoms with Crippen LogP contribution < -0.4 is 16.0 Å². The molecule has 41 heavy (non-hydrogen) atoms. The third-order valence-corrected chi connectivity index (χ3v) is 8.74. The molecule has 220 valence electrons. The van der Waals surface area contributed by atoms with Gasteiger partial charge in [-0.1, -0.05) is 62.2 Å². The highest BCUT2D eigenvalue weighted by atomic mass is 35.5. The van der Waals surface area contributed by atoms with Gasteiger partial charge in [-0.25, -0.2) is 8.78 Å². The van der Waals surface area contributed by atoms with Crippen LogP contribution in [0, 0.1) is 28.4 Å². The molecule has 2 aromatic rings. The SMILES string of the molecule is CC(=O)NC1CCC(NC(=O)[C@@H]2N[C@@H](CC(C)(C)C)[C@](C#N)(c3ccc(Cl)cc3F)[C@H]2c2cccc(Cl)c2F)CC1. The van der Waals surface area contributed by atoms with Crippen molar-refractivity contribution in [2.24, 2.45) is 5.41 Å². The number of hydrogen-bond donors (Lipinski definition) is 3. The molecule has 0 aromatic heterocycles. The lowest BCUT2D eigenvalue weighted by atomic mass is 9.62. The van der Waals surface area contributed by atoms with Crippen molar-refractivity contribution >= 4 is 35.0 Å². The molecule has 1 heterocycles. The number of hydrogen-bond acceptors (Lipinski definition) is 4. The van der Waals surface area contributed by atoms with Crippen molar-refractivity contribution in [1.29, 1.82) is 5.26 Å². The number of nitrogens with zero attached hydrogens (tertiary/aromatic N) is 1. The summed E-state index contributed by atoms with van der Waals surface area (Å²) in [6, 6.07) is 9.04. The Hall–Kier alpha value is -2.73. The lowest BCUT2D eigenvalue weighted by Crippen LogP contribution is -2.50. The fourth-order valence-electron chi connectivity index (χ4n) is 6.52. The second-order valence-electron chi connectivity index (χ2n) is 12.4. The van der Waals surface area contributed by atoms with Crippen molar-refractivity contribution < 1.29 is 18.4 Å². The Morgan fingerprint density at radius 1 is 1.07 bits per heavy atom. The molecule has 0 spiro atoms. The minimum absolute atomic E-state index is 0.0432. The van der Waals surface area contributed by atoms with Crippen molar-refractivity contribution in [2.75, 3.05) is 0 Å². The van der Waals surface area contributed by atoms with Crippen LogP contribution in [0.1, 0.15) is 76.8 Å². The number of carbonyl (C=O) groups excluding carboxylic acids is 2. The molecule has 0 bridgehead atoms. The first-order valence-electron chi connectivity index (χ1n) is 13.9. The Bertz CT molecular complexity index is 1350. The third kappa shape index (κ3) is 6.53. The zero-order valence-electron chi connectivity index (χ0n) is 23.7. The predicted octanol–water partition coefficient (Wildman–Crippen LogP) is 6.16. The fraction of sp³-hybridized carbons (Fsp3) is 0.516. The lowest BCUT2D eigenvalue weighted by molar-refractivity contribution is -0.124. The Balaban J connectivity index is 1.80. The number of rotatable bonds is 6. The normalized spacial score (nSPS) is 28.1. The number of nitrogens with one attached hydrogen (secondary N) is 3. The average Bonchev–Trinajstić information content (AvgIpc) is 3.19. The van der Waals surface area contributed by atoms with E-state index in [2.05, 4.69) is 22.0 Å². The van der Waals surface area contributed by atoms with Gasteiger partial charge in [-0.2, -0.15) is 5.26 Å².